The Bertz CT molecular complexity index is 37.7. The fourth-order valence-corrected chi connectivity index (χ4v) is 1.40. The molecule has 0 bridgehead atoms. The lowest BCUT2D eigenvalue weighted by molar-refractivity contribution is 0.528. The summed E-state index contributed by atoms with van der Waals surface area (Å²) in [6.07, 6.45) is 3.86. The van der Waals surface area contributed by atoms with Crippen LogP contribution in [0.25, 0.3) is 0 Å². The van der Waals surface area contributed by atoms with Crippen LogP contribution in [0, 0.1) is 11.2 Å². The van der Waals surface area contributed by atoms with Gasteiger partial charge in [-0.05, 0) is 12.3 Å². The van der Waals surface area contributed by atoms with Crippen LogP contribution in [0.2, 0.25) is 0 Å². The van der Waals surface area contributed by atoms with Gasteiger partial charge in [-0.1, -0.05) is 42.6 Å². The van der Waals surface area contributed by atoms with Gasteiger partial charge in [0.15, 0.2) is 0 Å². The van der Waals surface area contributed by atoms with Crippen molar-refractivity contribution in [3.05, 3.63) is 5.33 Å². The van der Waals surface area contributed by atoms with E-state index in [4.69, 9.17) is 0 Å². The van der Waals surface area contributed by atoms with Crippen LogP contribution in [0.4, 0.5) is 0 Å². The molecule has 1 unspecified atom stereocenters. The molecule has 0 N–H and O–H groups in total. The number of hydrogen-bond acceptors (Lipinski definition) is 0. The highest BCUT2D eigenvalue weighted by molar-refractivity contribution is 9.10. The molecule has 0 saturated carbocycles. The van der Waals surface area contributed by atoms with Crippen molar-refractivity contribution in [3.63, 3.8) is 0 Å². The maximum Gasteiger partial charge on any atom is 0.0273 e. The van der Waals surface area contributed by atoms with Crippen LogP contribution in [0.15, 0.2) is 0 Å². The first-order valence-electron chi connectivity index (χ1n) is 3.23. The van der Waals surface area contributed by atoms with Crippen LogP contribution in [-0.4, -0.2) is 0 Å². The van der Waals surface area contributed by atoms with E-state index in [2.05, 4.69) is 35.1 Å². The minimum atomic E-state index is 0.861. The summed E-state index contributed by atoms with van der Waals surface area (Å²) >= 11 is 3.29. The quantitative estimate of drug-likeness (QED) is 0.619. The number of halogens is 1. The normalized spacial score (nSPS) is 13.9. The third-order valence-electron chi connectivity index (χ3n) is 1.27. The second kappa shape index (κ2) is 5.61. The van der Waals surface area contributed by atoms with Crippen molar-refractivity contribution in [1.29, 1.82) is 0 Å². The van der Waals surface area contributed by atoms with Crippen LogP contribution in [-0.2, 0) is 0 Å². The molecule has 8 heavy (non-hydrogen) atoms. The van der Waals surface area contributed by atoms with E-state index < -0.39 is 0 Å². The summed E-state index contributed by atoms with van der Waals surface area (Å²) in [4.78, 5) is 0. The van der Waals surface area contributed by atoms with Gasteiger partial charge in [0.25, 0.3) is 0 Å². The van der Waals surface area contributed by atoms with Crippen LogP contribution in [0.5, 0.6) is 0 Å². The summed E-state index contributed by atoms with van der Waals surface area (Å²) in [5, 5.41) is 2.06. The van der Waals surface area contributed by atoms with Gasteiger partial charge in [0.2, 0.25) is 0 Å². The van der Waals surface area contributed by atoms with Crippen molar-refractivity contribution in [3.8, 4) is 0 Å². The molecule has 1 radical (unpaired) electrons. The molecule has 0 aromatic carbocycles. The van der Waals surface area contributed by atoms with Crippen molar-refractivity contribution >= 4 is 15.9 Å². The first kappa shape index (κ1) is 8.48. The second-order valence-electron chi connectivity index (χ2n) is 2.28. The minimum absolute atomic E-state index is 0.861. The van der Waals surface area contributed by atoms with Crippen molar-refractivity contribution in [2.24, 2.45) is 5.92 Å². The highest BCUT2D eigenvalue weighted by Crippen LogP contribution is 2.13. The van der Waals surface area contributed by atoms with E-state index in [1.807, 2.05) is 0 Å². The monoisotopic (exact) mass is 177 g/mol. The molecule has 1 heteroatoms. The zero-order chi connectivity index (χ0) is 6.41. The van der Waals surface area contributed by atoms with E-state index in [0.29, 0.717) is 0 Å². The Hall–Kier alpha value is 0.480. The Morgan fingerprint density at radius 2 is 2.25 bits per heavy atom. The average molecular weight is 178 g/mol. The van der Waals surface area contributed by atoms with E-state index in [0.717, 1.165) is 5.92 Å². The Balaban J connectivity index is 2.92. The van der Waals surface area contributed by atoms with Gasteiger partial charge < -0.3 is 0 Å². The van der Waals surface area contributed by atoms with Crippen LogP contribution >= 0.6 is 15.9 Å². The first-order valence-corrected chi connectivity index (χ1v) is 4.14. The molecule has 0 aliphatic heterocycles. The molecule has 0 nitrogen and oxygen atoms in total. The largest absolute Gasteiger partial charge is 0.0878 e. The van der Waals surface area contributed by atoms with Crippen LogP contribution in [0.1, 0.15) is 33.1 Å². The summed E-state index contributed by atoms with van der Waals surface area (Å²) in [5.74, 6) is 0.861. The zero-order valence-corrected chi connectivity index (χ0v) is 7.24. The standard InChI is InChI=1S/C7H14Br/c1-3-4-7(2)5-6-8/h6-7H,3-5H2,1-2H3. The van der Waals surface area contributed by atoms with E-state index in [-0.39, 0.29) is 0 Å². The van der Waals surface area contributed by atoms with E-state index >= 15 is 0 Å². The van der Waals surface area contributed by atoms with E-state index in [1.165, 1.54) is 19.3 Å². The lowest BCUT2D eigenvalue weighted by Gasteiger charge is -2.04. The third-order valence-corrected chi connectivity index (χ3v) is 1.65. The van der Waals surface area contributed by atoms with Crippen molar-refractivity contribution in [1.82, 2.24) is 0 Å². The predicted molar refractivity (Wildman–Crippen MR) is 41.9 cm³/mol. The Morgan fingerprint density at radius 1 is 1.62 bits per heavy atom. The lowest BCUT2D eigenvalue weighted by atomic mass is 10.0. The van der Waals surface area contributed by atoms with Crippen LogP contribution < -0.4 is 0 Å². The predicted octanol–water partition coefficient (Wildman–Crippen LogP) is 3.37. The summed E-state index contributed by atoms with van der Waals surface area (Å²) in [5.41, 5.74) is 0. The molecule has 0 amide bonds. The molecule has 0 aromatic rings. The van der Waals surface area contributed by atoms with E-state index in [9.17, 15) is 0 Å². The summed E-state index contributed by atoms with van der Waals surface area (Å²) in [6, 6.07) is 0. The zero-order valence-electron chi connectivity index (χ0n) is 5.65. The highest BCUT2D eigenvalue weighted by atomic mass is 79.9. The van der Waals surface area contributed by atoms with Gasteiger partial charge in [-0.3, -0.25) is 0 Å². The van der Waals surface area contributed by atoms with Crippen molar-refractivity contribution in [2.75, 3.05) is 0 Å². The van der Waals surface area contributed by atoms with Gasteiger partial charge in [-0.2, -0.15) is 0 Å². The van der Waals surface area contributed by atoms with Crippen LogP contribution in [0.3, 0.4) is 0 Å². The fraction of sp³-hybridized carbons (Fsp3) is 0.857. The SMILES string of the molecule is CCCC(C)C[CH]Br. The molecule has 0 heterocycles. The van der Waals surface area contributed by atoms with E-state index in [1.54, 1.807) is 0 Å². The Morgan fingerprint density at radius 3 is 2.62 bits per heavy atom. The molecule has 0 spiro atoms. The highest BCUT2D eigenvalue weighted by Gasteiger charge is 1.96. The van der Waals surface area contributed by atoms with Gasteiger partial charge in [-0.25, -0.2) is 0 Å². The molecule has 0 fully saturated rings. The Labute approximate surface area is 60.8 Å². The van der Waals surface area contributed by atoms with Gasteiger partial charge in [-0.15, -0.1) is 0 Å². The smallest absolute Gasteiger partial charge is 0.0273 e. The maximum absolute atomic E-state index is 3.29. The van der Waals surface area contributed by atoms with Gasteiger partial charge in [0.05, 0.1) is 0 Å². The second-order valence-corrected chi connectivity index (χ2v) is 2.93. The van der Waals surface area contributed by atoms with Gasteiger partial charge in [0, 0.05) is 5.33 Å². The molecule has 0 aliphatic rings. The minimum Gasteiger partial charge on any atom is -0.0878 e. The van der Waals surface area contributed by atoms with Gasteiger partial charge >= 0.3 is 0 Å². The molecule has 1 atom stereocenters. The molecule has 0 saturated heterocycles. The van der Waals surface area contributed by atoms with Crippen molar-refractivity contribution in [2.45, 2.75) is 33.1 Å². The molecular weight excluding hydrogens is 164 g/mol. The van der Waals surface area contributed by atoms with Gasteiger partial charge in [0.1, 0.15) is 0 Å². The molecule has 0 rings (SSSR count). The fourth-order valence-electron chi connectivity index (χ4n) is 0.763. The topological polar surface area (TPSA) is 0 Å². The van der Waals surface area contributed by atoms with Crippen molar-refractivity contribution < 1.29 is 0 Å². The Kier molecular flexibility index (Phi) is 5.95. The summed E-state index contributed by atoms with van der Waals surface area (Å²) < 4.78 is 0. The number of hydrogen-bond donors (Lipinski definition) is 0. The molecule has 49 valence electrons. The summed E-state index contributed by atoms with van der Waals surface area (Å²) in [7, 11) is 0. The number of rotatable bonds is 4. The molecule has 0 aromatic heterocycles. The maximum atomic E-state index is 3.29. The molecule has 0 aliphatic carbocycles. The molecular formula is C7H14Br. The average Bonchev–Trinajstić information content (AvgIpc) is 1.68. The first-order chi connectivity index (χ1) is 3.81. The lowest BCUT2D eigenvalue weighted by Crippen LogP contribution is -1.90. The third kappa shape index (κ3) is 4.63. The summed E-state index contributed by atoms with van der Waals surface area (Å²) in [6.45, 7) is 4.51.